The number of furan rings is 1. The largest absolute Gasteiger partial charge is 0.469 e. The van der Waals surface area contributed by atoms with Gasteiger partial charge < -0.3 is 9.73 Å². The van der Waals surface area contributed by atoms with Crippen LogP contribution in [0.15, 0.2) is 77.4 Å². The summed E-state index contributed by atoms with van der Waals surface area (Å²) in [7, 11) is 0. The van der Waals surface area contributed by atoms with Gasteiger partial charge in [-0.3, -0.25) is 9.59 Å². The van der Waals surface area contributed by atoms with E-state index in [-0.39, 0.29) is 17.7 Å². The van der Waals surface area contributed by atoms with E-state index in [9.17, 15) is 9.59 Å². The van der Waals surface area contributed by atoms with Crippen molar-refractivity contribution in [1.29, 1.82) is 0 Å². The van der Waals surface area contributed by atoms with Crippen LogP contribution in [0.2, 0.25) is 0 Å². The first kappa shape index (κ1) is 16.7. The van der Waals surface area contributed by atoms with E-state index in [0.717, 1.165) is 5.76 Å². The van der Waals surface area contributed by atoms with Crippen molar-refractivity contribution in [2.75, 3.05) is 0 Å². The highest BCUT2D eigenvalue weighted by Gasteiger charge is 2.19. The minimum atomic E-state index is -0.265. The third kappa shape index (κ3) is 4.04. The predicted octanol–water partition coefficient (Wildman–Crippen LogP) is 3.87. The van der Waals surface area contributed by atoms with Crippen molar-refractivity contribution in [3.8, 4) is 0 Å². The van der Waals surface area contributed by atoms with Gasteiger partial charge >= 0.3 is 0 Å². The molecule has 25 heavy (non-hydrogen) atoms. The minimum absolute atomic E-state index is 0.112. The average Bonchev–Trinajstić information content (AvgIpc) is 3.14. The first-order valence-electron chi connectivity index (χ1n) is 8.17. The maximum absolute atomic E-state index is 12.7. The molecule has 1 atom stereocenters. The summed E-state index contributed by atoms with van der Waals surface area (Å²) in [6, 6.07) is 19.4. The number of carbonyl (C=O) groups excluding carboxylic acids is 2. The summed E-state index contributed by atoms with van der Waals surface area (Å²) in [6.07, 6.45) is 2.20. The van der Waals surface area contributed by atoms with Crippen molar-refractivity contribution >= 4 is 11.7 Å². The molecule has 0 aliphatic rings. The summed E-state index contributed by atoms with van der Waals surface area (Å²) in [5.74, 6) is 0.380. The third-order valence-electron chi connectivity index (χ3n) is 3.92. The first-order chi connectivity index (χ1) is 12.1. The Bertz CT molecular complexity index is 854. The predicted molar refractivity (Wildman–Crippen MR) is 95.7 cm³/mol. The number of carbonyl (C=O) groups is 2. The lowest BCUT2D eigenvalue weighted by molar-refractivity contribution is 0.0929. The molecule has 0 aliphatic carbocycles. The lowest BCUT2D eigenvalue weighted by Gasteiger charge is -2.14. The van der Waals surface area contributed by atoms with E-state index in [2.05, 4.69) is 5.32 Å². The van der Waals surface area contributed by atoms with Crippen LogP contribution in [0.5, 0.6) is 0 Å². The van der Waals surface area contributed by atoms with Gasteiger partial charge in [-0.1, -0.05) is 48.5 Å². The Morgan fingerprint density at radius 3 is 2.28 bits per heavy atom. The second-order valence-electron chi connectivity index (χ2n) is 5.90. The topological polar surface area (TPSA) is 59.3 Å². The molecule has 1 N–H and O–H groups in total. The molecule has 1 heterocycles. The van der Waals surface area contributed by atoms with Gasteiger partial charge in [-0.2, -0.15) is 0 Å². The molecular formula is C21H19NO3. The Kier molecular flexibility index (Phi) is 5.09. The molecule has 126 valence electrons. The van der Waals surface area contributed by atoms with E-state index in [4.69, 9.17) is 4.42 Å². The van der Waals surface area contributed by atoms with Crippen LogP contribution in [0.25, 0.3) is 0 Å². The van der Waals surface area contributed by atoms with Crippen LogP contribution in [0.3, 0.4) is 0 Å². The lowest BCUT2D eigenvalue weighted by Crippen LogP contribution is -2.34. The van der Waals surface area contributed by atoms with Gasteiger partial charge in [0.1, 0.15) is 5.76 Å². The Labute approximate surface area is 146 Å². The van der Waals surface area contributed by atoms with Gasteiger partial charge in [0.2, 0.25) is 0 Å². The van der Waals surface area contributed by atoms with Crippen molar-refractivity contribution in [3.05, 3.63) is 95.4 Å². The van der Waals surface area contributed by atoms with Crippen LogP contribution in [-0.2, 0) is 6.42 Å². The quantitative estimate of drug-likeness (QED) is 0.697. The van der Waals surface area contributed by atoms with Crippen LogP contribution >= 0.6 is 0 Å². The summed E-state index contributed by atoms with van der Waals surface area (Å²) in [5, 5.41) is 2.93. The Balaban J connectivity index is 1.78. The van der Waals surface area contributed by atoms with Crippen LogP contribution in [-0.4, -0.2) is 17.7 Å². The van der Waals surface area contributed by atoms with Gasteiger partial charge in [0.25, 0.3) is 5.91 Å². The number of hydrogen-bond acceptors (Lipinski definition) is 3. The van der Waals surface area contributed by atoms with Crippen molar-refractivity contribution < 1.29 is 14.0 Å². The maximum atomic E-state index is 12.7. The molecule has 2 aromatic carbocycles. The second kappa shape index (κ2) is 7.62. The summed E-state index contributed by atoms with van der Waals surface area (Å²) in [6.45, 7) is 1.90. The monoisotopic (exact) mass is 333 g/mol. The second-order valence-corrected chi connectivity index (χ2v) is 5.90. The number of ketones is 1. The molecule has 0 unspecified atom stereocenters. The molecule has 0 fully saturated rings. The molecule has 0 spiro atoms. The van der Waals surface area contributed by atoms with E-state index in [1.165, 1.54) is 0 Å². The van der Waals surface area contributed by atoms with Crippen molar-refractivity contribution in [1.82, 2.24) is 5.32 Å². The van der Waals surface area contributed by atoms with E-state index in [1.807, 2.05) is 25.1 Å². The molecule has 0 aliphatic heterocycles. The molecule has 1 amide bonds. The Morgan fingerprint density at radius 2 is 1.60 bits per heavy atom. The molecule has 4 heteroatoms. The number of amides is 1. The molecule has 0 bridgehead atoms. The average molecular weight is 333 g/mol. The van der Waals surface area contributed by atoms with E-state index in [1.54, 1.807) is 54.8 Å². The van der Waals surface area contributed by atoms with E-state index >= 15 is 0 Å². The van der Waals surface area contributed by atoms with Crippen molar-refractivity contribution in [2.45, 2.75) is 19.4 Å². The van der Waals surface area contributed by atoms with E-state index in [0.29, 0.717) is 23.1 Å². The number of hydrogen-bond donors (Lipinski definition) is 1. The normalized spacial score (nSPS) is 11.7. The zero-order valence-corrected chi connectivity index (χ0v) is 13.9. The molecule has 3 rings (SSSR count). The zero-order valence-electron chi connectivity index (χ0n) is 13.9. The maximum Gasteiger partial charge on any atom is 0.252 e. The van der Waals surface area contributed by atoms with Gasteiger partial charge in [-0.05, 0) is 25.1 Å². The highest BCUT2D eigenvalue weighted by molar-refractivity contribution is 6.15. The summed E-state index contributed by atoms with van der Waals surface area (Å²) in [5.41, 5.74) is 1.34. The van der Waals surface area contributed by atoms with Gasteiger partial charge in [0.05, 0.1) is 11.8 Å². The summed E-state index contributed by atoms with van der Waals surface area (Å²) < 4.78 is 5.31. The highest BCUT2D eigenvalue weighted by atomic mass is 16.3. The van der Waals surface area contributed by atoms with E-state index < -0.39 is 0 Å². The molecule has 0 radical (unpaired) electrons. The van der Waals surface area contributed by atoms with Crippen LogP contribution < -0.4 is 5.32 Å². The van der Waals surface area contributed by atoms with Gasteiger partial charge in [0, 0.05) is 23.6 Å². The molecule has 3 aromatic rings. The van der Waals surface area contributed by atoms with Crippen LogP contribution in [0, 0.1) is 0 Å². The zero-order chi connectivity index (χ0) is 17.6. The number of rotatable bonds is 6. The molecule has 1 aromatic heterocycles. The molecule has 4 nitrogen and oxygen atoms in total. The number of benzene rings is 2. The molecule has 0 saturated heterocycles. The smallest absolute Gasteiger partial charge is 0.252 e. The van der Waals surface area contributed by atoms with Gasteiger partial charge in [-0.25, -0.2) is 0 Å². The minimum Gasteiger partial charge on any atom is -0.469 e. The molecular weight excluding hydrogens is 314 g/mol. The van der Waals surface area contributed by atoms with Gasteiger partial charge in [0.15, 0.2) is 5.78 Å². The highest BCUT2D eigenvalue weighted by Crippen LogP contribution is 2.15. The molecule has 0 saturated carbocycles. The summed E-state index contributed by atoms with van der Waals surface area (Å²) >= 11 is 0. The standard InChI is InChI=1S/C21H19NO3/c1-15(14-17-10-7-13-25-17)22-21(24)19-12-6-5-11-18(19)20(23)16-8-3-2-4-9-16/h2-13,15H,14H2,1H3,(H,22,24)/t15-/m1/s1. The van der Waals surface area contributed by atoms with Crippen LogP contribution in [0.4, 0.5) is 0 Å². The fourth-order valence-corrected chi connectivity index (χ4v) is 2.71. The fourth-order valence-electron chi connectivity index (χ4n) is 2.71. The first-order valence-corrected chi connectivity index (χ1v) is 8.17. The Hall–Kier alpha value is -3.14. The van der Waals surface area contributed by atoms with Crippen LogP contribution in [0.1, 0.15) is 39.0 Å². The third-order valence-corrected chi connectivity index (χ3v) is 3.92. The van der Waals surface area contributed by atoms with Crippen molar-refractivity contribution in [2.24, 2.45) is 0 Å². The number of nitrogens with one attached hydrogen (secondary N) is 1. The van der Waals surface area contributed by atoms with Gasteiger partial charge in [-0.15, -0.1) is 0 Å². The lowest BCUT2D eigenvalue weighted by atomic mass is 9.97. The fraction of sp³-hybridized carbons (Fsp3) is 0.143. The van der Waals surface area contributed by atoms with Crippen molar-refractivity contribution in [3.63, 3.8) is 0 Å². The Morgan fingerprint density at radius 1 is 0.920 bits per heavy atom. The SMILES string of the molecule is C[C@H](Cc1ccco1)NC(=O)c1ccccc1C(=O)c1ccccc1. The summed E-state index contributed by atoms with van der Waals surface area (Å²) in [4.78, 5) is 25.4.